The monoisotopic (exact) mass is 483 g/mol. The van der Waals surface area contributed by atoms with Crippen molar-refractivity contribution in [3.05, 3.63) is 72.3 Å². The van der Waals surface area contributed by atoms with Gasteiger partial charge in [0.1, 0.15) is 11.9 Å². The number of benzene rings is 2. The lowest BCUT2D eigenvalue weighted by atomic mass is 10.1. The van der Waals surface area contributed by atoms with Crippen LogP contribution in [0.15, 0.2) is 61.2 Å². The van der Waals surface area contributed by atoms with Crippen molar-refractivity contribution in [2.24, 2.45) is 0 Å². The maximum Gasteiger partial charge on any atom is 0.387 e. The van der Waals surface area contributed by atoms with Crippen LogP contribution in [-0.4, -0.2) is 34.3 Å². The summed E-state index contributed by atoms with van der Waals surface area (Å²) in [5.41, 5.74) is 2.11. The highest BCUT2D eigenvalue weighted by molar-refractivity contribution is 5.90. The molecule has 0 bridgehead atoms. The number of nitrogens with zero attached hydrogens (tertiary/aromatic N) is 3. The van der Waals surface area contributed by atoms with Crippen LogP contribution in [0.5, 0.6) is 11.5 Å². The molecule has 1 aromatic heterocycles. The number of carbonyl (C=O) groups excluding carboxylic acids is 1. The van der Waals surface area contributed by atoms with Crippen LogP contribution >= 0.6 is 0 Å². The lowest BCUT2D eigenvalue weighted by Crippen LogP contribution is -2.24. The molecule has 1 aliphatic rings. The molecule has 1 fully saturated rings. The number of halogens is 2. The third-order valence-electron chi connectivity index (χ3n) is 5.04. The molecule has 0 atom stereocenters. The Hall–Kier alpha value is -3.75. The molecule has 0 N–H and O–H groups in total. The topological polar surface area (TPSA) is 73.8 Å². The summed E-state index contributed by atoms with van der Waals surface area (Å²) < 4.78 is 41.8. The van der Waals surface area contributed by atoms with Gasteiger partial charge in [-0.1, -0.05) is 0 Å². The summed E-state index contributed by atoms with van der Waals surface area (Å²) >= 11 is 0. The number of ether oxygens (including phenoxy) is 3. The second kappa shape index (κ2) is 10.2. The molecule has 0 radical (unpaired) electrons. The molecular formula is C26H27F2N3O4. The predicted molar refractivity (Wildman–Crippen MR) is 126 cm³/mol. The minimum Gasteiger partial charge on any atom is -0.486 e. The van der Waals surface area contributed by atoms with Crippen LogP contribution in [0.3, 0.4) is 0 Å². The maximum absolute atomic E-state index is 12.9. The van der Waals surface area contributed by atoms with Crippen molar-refractivity contribution in [3.63, 3.8) is 0 Å². The molecule has 1 aliphatic carbocycles. The van der Waals surface area contributed by atoms with Gasteiger partial charge in [-0.25, -0.2) is 14.8 Å². The summed E-state index contributed by atoms with van der Waals surface area (Å²) in [7, 11) is 0. The summed E-state index contributed by atoms with van der Waals surface area (Å²) in [6.45, 7) is 2.87. The van der Waals surface area contributed by atoms with Crippen molar-refractivity contribution in [3.8, 4) is 11.5 Å². The molecule has 35 heavy (non-hydrogen) atoms. The zero-order valence-corrected chi connectivity index (χ0v) is 19.8. The fourth-order valence-corrected chi connectivity index (χ4v) is 3.36. The summed E-state index contributed by atoms with van der Waals surface area (Å²) in [6.07, 6.45) is 6.58. The Morgan fingerprint density at radius 1 is 1.03 bits per heavy atom. The minimum absolute atomic E-state index is 0.00522. The van der Waals surface area contributed by atoms with Crippen LogP contribution in [0.4, 0.5) is 20.2 Å². The Labute approximate surface area is 202 Å². The van der Waals surface area contributed by atoms with Crippen molar-refractivity contribution in [2.45, 2.75) is 58.5 Å². The number of anilines is 2. The summed E-state index contributed by atoms with van der Waals surface area (Å²) in [5.74, 6) is -0.176. The van der Waals surface area contributed by atoms with Gasteiger partial charge in [-0.05, 0) is 70.0 Å². The Morgan fingerprint density at radius 3 is 2.29 bits per heavy atom. The Kier molecular flexibility index (Phi) is 7.14. The van der Waals surface area contributed by atoms with Gasteiger partial charge in [-0.2, -0.15) is 8.78 Å². The molecule has 3 aromatic rings. The van der Waals surface area contributed by atoms with E-state index in [1.54, 1.807) is 48.8 Å². The first-order valence-corrected chi connectivity index (χ1v) is 11.3. The quantitative estimate of drug-likeness (QED) is 0.350. The van der Waals surface area contributed by atoms with Crippen molar-refractivity contribution in [1.29, 1.82) is 0 Å². The average Bonchev–Trinajstić information content (AvgIpc) is 3.62. The van der Waals surface area contributed by atoms with Gasteiger partial charge in [0.15, 0.2) is 11.5 Å². The zero-order chi connectivity index (χ0) is 25.0. The third kappa shape index (κ3) is 6.88. The molecular weight excluding hydrogens is 456 g/mol. The average molecular weight is 484 g/mol. The number of esters is 1. The van der Waals surface area contributed by atoms with Gasteiger partial charge >= 0.3 is 12.6 Å². The van der Waals surface area contributed by atoms with Gasteiger partial charge in [-0.3, -0.25) is 0 Å². The predicted octanol–water partition coefficient (Wildman–Crippen LogP) is 5.91. The Balaban J connectivity index is 1.67. The first kappa shape index (κ1) is 24.4. The van der Waals surface area contributed by atoms with Gasteiger partial charge in [0.2, 0.25) is 0 Å². The number of alkyl halides is 2. The SMILES string of the molecule is CC(C)(C)OC(=O)c1ccc(N(Cc2cncnc2)c2ccc(OC(F)F)c(OC3CC3)c2)cc1. The van der Waals surface area contributed by atoms with E-state index in [1.165, 1.54) is 12.4 Å². The van der Waals surface area contributed by atoms with E-state index in [4.69, 9.17) is 9.47 Å². The minimum atomic E-state index is -2.96. The van der Waals surface area contributed by atoms with Gasteiger partial charge in [0, 0.05) is 35.4 Å². The second-order valence-electron chi connectivity index (χ2n) is 9.21. The third-order valence-corrected chi connectivity index (χ3v) is 5.04. The van der Waals surface area contributed by atoms with Crippen LogP contribution in [0.25, 0.3) is 0 Å². The molecule has 4 rings (SSSR count). The molecule has 0 spiro atoms. The fraction of sp³-hybridized carbons (Fsp3) is 0.346. The molecule has 9 heteroatoms. The number of aromatic nitrogens is 2. The molecule has 2 aromatic carbocycles. The van der Waals surface area contributed by atoms with Crippen LogP contribution in [-0.2, 0) is 11.3 Å². The van der Waals surface area contributed by atoms with Crippen molar-refractivity contribution in [2.75, 3.05) is 4.90 Å². The van der Waals surface area contributed by atoms with E-state index in [9.17, 15) is 13.6 Å². The van der Waals surface area contributed by atoms with Gasteiger partial charge in [-0.15, -0.1) is 0 Å². The highest BCUT2D eigenvalue weighted by atomic mass is 19.3. The van der Waals surface area contributed by atoms with E-state index < -0.39 is 18.2 Å². The van der Waals surface area contributed by atoms with Crippen molar-refractivity contribution < 1.29 is 27.8 Å². The molecule has 0 amide bonds. The van der Waals surface area contributed by atoms with Gasteiger partial charge < -0.3 is 19.1 Å². The molecule has 0 saturated heterocycles. The van der Waals surface area contributed by atoms with Crippen LogP contribution in [0.2, 0.25) is 0 Å². The number of hydrogen-bond acceptors (Lipinski definition) is 7. The number of rotatable bonds is 9. The summed E-state index contributed by atoms with van der Waals surface area (Å²) in [5, 5.41) is 0. The van der Waals surface area contributed by atoms with Crippen LogP contribution < -0.4 is 14.4 Å². The van der Waals surface area contributed by atoms with Gasteiger partial charge in [0.25, 0.3) is 0 Å². The molecule has 1 heterocycles. The highest BCUT2D eigenvalue weighted by Gasteiger charge is 2.26. The zero-order valence-electron chi connectivity index (χ0n) is 19.8. The number of hydrogen-bond donors (Lipinski definition) is 0. The lowest BCUT2D eigenvalue weighted by Gasteiger charge is -2.26. The van der Waals surface area contributed by atoms with Crippen molar-refractivity contribution >= 4 is 17.3 Å². The van der Waals surface area contributed by atoms with E-state index >= 15 is 0 Å². The standard InChI is InChI=1S/C26H27F2N3O4/c1-26(2,3)35-24(32)18-4-6-19(7-5-18)31(15-17-13-29-16-30-14-17)20-8-11-22(34-25(27)28)23(12-20)33-21-9-10-21/h4-8,11-14,16,21,25H,9-10,15H2,1-3H3. The lowest BCUT2D eigenvalue weighted by molar-refractivity contribution is -0.0516. The largest absolute Gasteiger partial charge is 0.486 e. The van der Waals surface area contributed by atoms with E-state index in [2.05, 4.69) is 14.7 Å². The maximum atomic E-state index is 12.9. The molecule has 1 saturated carbocycles. The summed E-state index contributed by atoms with van der Waals surface area (Å²) in [4.78, 5) is 22.5. The molecule has 7 nitrogen and oxygen atoms in total. The Bertz CT molecular complexity index is 1150. The summed E-state index contributed by atoms with van der Waals surface area (Å²) in [6, 6.07) is 11.8. The van der Waals surface area contributed by atoms with Crippen LogP contribution in [0, 0.1) is 0 Å². The normalized spacial score (nSPS) is 13.4. The smallest absolute Gasteiger partial charge is 0.387 e. The first-order valence-electron chi connectivity index (χ1n) is 11.3. The Morgan fingerprint density at radius 2 is 1.69 bits per heavy atom. The van der Waals surface area contributed by atoms with Crippen LogP contribution in [0.1, 0.15) is 49.5 Å². The van der Waals surface area contributed by atoms with E-state index in [1.807, 2.05) is 25.7 Å². The highest BCUT2D eigenvalue weighted by Crippen LogP contribution is 2.39. The second-order valence-corrected chi connectivity index (χ2v) is 9.21. The van der Waals surface area contributed by atoms with Crippen molar-refractivity contribution in [1.82, 2.24) is 9.97 Å². The molecule has 0 aliphatic heterocycles. The first-order chi connectivity index (χ1) is 16.7. The van der Waals surface area contributed by atoms with E-state index in [0.717, 1.165) is 24.1 Å². The number of carbonyl (C=O) groups is 1. The fourth-order valence-electron chi connectivity index (χ4n) is 3.36. The van der Waals surface area contributed by atoms with E-state index in [0.29, 0.717) is 17.8 Å². The van der Waals surface area contributed by atoms with Gasteiger partial charge in [0.05, 0.1) is 18.2 Å². The molecule has 0 unspecified atom stereocenters. The molecule has 184 valence electrons. The van der Waals surface area contributed by atoms with E-state index in [-0.39, 0.29) is 17.6 Å².